The first-order valence-corrected chi connectivity index (χ1v) is 8.75. The van der Waals surface area contributed by atoms with E-state index in [0.29, 0.717) is 18.0 Å². The minimum absolute atomic E-state index is 0.130. The van der Waals surface area contributed by atoms with Gasteiger partial charge in [0.2, 0.25) is 5.91 Å². The van der Waals surface area contributed by atoms with Crippen LogP contribution in [-0.2, 0) is 4.79 Å². The zero-order chi connectivity index (χ0) is 18.8. The van der Waals surface area contributed by atoms with Gasteiger partial charge < -0.3 is 20.1 Å². The monoisotopic (exact) mass is 354 g/mol. The highest BCUT2D eigenvalue weighted by Gasteiger charge is 2.07. The molecule has 1 unspecified atom stereocenters. The van der Waals surface area contributed by atoms with Crippen molar-refractivity contribution in [3.05, 3.63) is 61.2 Å². The van der Waals surface area contributed by atoms with Gasteiger partial charge in [0, 0.05) is 11.8 Å². The van der Waals surface area contributed by atoms with E-state index >= 15 is 0 Å². The molecule has 0 fully saturated rings. The quantitative estimate of drug-likeness (QED) is 0.618. The van der Waals surface area contributed by atoms with Gasteiger partial charge in [0.05, 0.1) is 18.3 Å². The van der Waals surface area contributed by atoms with Gasteiger partial charge in [-0.3, -0.25) is 4.79 Å². The summed E-state index contributed by atoms with van der Waals surface area (Å²) in [5, 5.41) is 5.96. The molecule has 2 rings (SSSR count). The fourth-order valence-corrected chi connectivity index (χ4v) is 2.23. The third-order valence-corrected chi connectivity index (χ3v) is 3.71. The average Bonchev–Trinajstić information content (AvgIpc) is 2.65. The summed E-state index contributed by atoms with van der Waals surface area (Å²) >= 11 is 0. The zero-order valence-corrected chi connectivity index (χ0v) is 15.3. The number of para-hydroxylation sites is 2. The number of anilines is 2. The van der Waals surface area contributed by atoms with E-state index in [1.54, 1.807) is 6.08 Å². The van der Waals surface area contributed by atoms with Crippen molar-refractivity contribution < 1.29 is 14.3 Å². The van der Waals surface area contributed by atoms with Crippen LogP contribution < -0.4 is 20.1 Å². The molecule has 0 bridgehead atoms. The second kappa shape index (κ2) is 10.1. The first-order valence-electron chi connectivity index (χ1n) is 8.75. The number of rotatable bonds is 10. The number of hydrogen-bond donors (Lipinski definition) is 2. The molecular formula is C21H26N2O3. The van der Waals surface area contributed by atoms with Gasteiger partial charge in [-0.1, -0.05) is 37.8 Å². The highest BCUT2D eigenvalue weighted by atomic mass is 16.5. The van der Waals surface area contributed by atoms with E-state index in [1.807, 2.05) is 55.5 Å². The van der Waals surface area contributed by atoms with Gasteiger partial charge in [0.1, 0.15) is 18.1 Å². The Balaban J connectivity index is 1.91. The Morgan fingerprint density at radius 2 is 2.04 bits per heavy atom. The van der Waals surface area contributed by atoms with Crippen LogP contribution in [0.15, 0.2) is 61.2 Å². The highest BCUT2D eigenvalue weighted by molar-refractivity contribution is 5.94. The minimum Gasteiger partial charge on any atom is -0.491 e. The number of nitrogens with one attached hydrogen (secondary N) is 2. The van der Waals surface area contributed by atoms with Gasteiger partial charge in [0.15, 0.2) is 0 Å². The van der Waals surface area contributed by atoms with E-state index in [2.05, 4.69) is 24.1 Å². The topological polar surface area (TPSA) is 59.6 Å². The second-order valence-electron chi connectivity index (χ2n) is 5.86. The molecule has 0 aromatic heterocycles. The van der Waals surface area contributed by atoms with Crippen molar-refractivity contribution in [2.45, 2.75) is 26.4 Å². The molecule has 0 aliphatic carbocycles. The van der Waals surface area contributed by atoms with Crippen molar-refractivity contribution in [2.24, 2.45) is 0 Å². The second-order valence-corrected chi connectivity index (χ2v) is 5.86. The first kappa shape index (κ1) is 19.4. The number of carbonyl (C=O) groups is 1. The Bertz CT molecular complexity index is 731. The van der Waals surface area contributed by atoms with Crippen molar-refractivity contribution in [1.82, 2.24) is 0 Å². The molecule has 5 heteroatoms. The summed E-state index contributed by atoms with van der Waals surface area (Å²) in [6, 6.07) is 14.9. The summed E-state index contributed by atoms with van der Waals surface area (Å²) in [7, 11) is 0. The molecule has 5 nitrogen and oxygen atoms in total. The number of carbonyl (C=O) groups excluding carboxylic acids is 1. The van der Waals surface area contributed by atoms with E-state index in [0.717, 1.165) is 17.9 Å². The molecule has 0 aliphatic heterocycles. The Labute approximate surface area is 155 Å². The fraction of sp³-hybridized carbons (Fsp3) is 0.286. The third-order valence-electron chi connectivity index (χ3n) is 3.71. The summed E-state index contributed by atoms with van der Waals surface area (Å²) in [6.07, 6.45) is 2.74. The molecule has 26 heavy (non-hydrogen) atoms. The molecule has 0 spiro atoms. The van der Waals surface area contributed by atoms with Gasteiger partial charge in [-0.2, -0.15) is 0 Å². The van der Waals surface area contributed by atoms with Crippen LogP contribution in [0.5, 0.6) is 11.5 Å². The van der Waals surface area contributed by atoms with Crippen LogP contribution in [0.4, 0.5) is 11.4 Å². The molecular weight excluding hydrogens is 328 g/mol. The maximum atomic E-state index is 12.2. The van der Waals surface area contributed by atoms with E-state index < -0.39 is 0 Å². The number of benzene rings is 2. The standard InChI is InChI=1S/C21H26N2O3/c1-4-13-25-20-12-7-6-11-19(20)22-15-21(24)23-17-9-8-10-18(14-17)26-16(3)5-2/h4,6-12,14,16,22H,1,5,13,15H2,2-3H3,(H,23,24). The molecule has 0 saturated heterocycles. The van der Waals surface area contributed by atoms with Gasteiger partial charge in [-0.15, -0.1) is 0 Å². The van der Waals surface area contributed by atoms with Crippen molar-refractivity contribution in [2.75, 3.05) is 23.8 Å². The fourth-order valence-electron chi connectivity index (χ4n) is 2.23. The lowest BCUT2D eigenvalue weighted by Crippen LogP contribution is -2.22. The predicted octanol–water partition coefficient (Wildman–Crippen LogP) is 4.48. The lowest BCUT2D eigenvalue weighted by Gasteiger charge is -2.14. The largest absolute Gasteiger partial charge is 0.491 e. The van der Waals surface area contributed by atoms with E-state index in [4.69, 9.17) is 9.47 Å². The van der Waals surface area contributed by atoms with Crippen LogP contribution in [0.2, 0.25) is 0 Å². The molecule has 138 valence electrons. The molecule has 0 saturated carbocycles. The van der Waals surface area contributed by atoms with Crippen molar-refractivity contribution in [3.63, 3.8) is 0 Å². The Kier molecular flexibility index (Phi) is 7.55. The van der Waals surface area contributed by atoms with Gasteiger partial charge in [-0.05, 0) is 37.6 Å². The summed E-state index contributed by atoms with van der Waals surface area (Å²) in [5.41, 5.74) is 1.46. The number of ether oxygens (including phenoxy) is 2. The van der Waals surface area contributed by atoms with Crippen LogP contribution in [0.1, 0.15) is 20.3 Å². The summed E-state index contributed by atoms with van der Waals surface area (Å²) < 4.78 is 11.3. The normalized spacial score (nSPS) is 11.3. The smallest absolute Gasteiger partial charge is 0.243 e. The molecule has 0 heterocycles. The molecule has 2 aromatic rings. The van der Waals surface area contributed by atoms with Crippen LogP contribution in [0, 0.1) is 0 Å². The summed E-state index contributed by atoms with van der Waals surface area (Å²) in [6.45, 7) is 8.26. The van der Waals surface area contributed by atoms with Gasteiger partial charge in [-0.25, -0.2) is 0 Å². The summed E-state index contributed by atoms with van der Waals surface area (Å²) in [5.74, 6) is 1.28. The minimum atomic E-state index is -0.149. The number of amides is 1. The van der Waals surface area contributed by atoms with Crippen LogP contribution in [0.3, 0.4) is 0 Å². The Hall–Kier alpha value is -2.95. The number of hydrogen-bond acceptors (Lipinski definition) is 4. The highest BCUT2D eigenvalue weighted by Crippen LogP contribution is 2.23. The molecule has 0 radical (unpaired) electrons. The van der Waals surface area contributed by atoms with Crippen LogP contribution >= 0.6 is 0 Å². The molecule has 2 aromatic carbocycles. The van der Waals surface area contributed by atoms with E-state index in [1.165, 1.54) is 0 Å². The average molecular weight is 354 g/mol. The maximum absolute atomic E-state index is 12.2. The Morgan fingerprint density at radius 3 is 2.81 bits per heavy atom. The van der Waals surface area contributed by atoms with Gasteiger partial charge >= 0.3 is 0 Å². The van der Waals surface area contributed by atoms with E-state index in [9.17, 15) is 4.79 Å². The van der Waals surface area contributed by atoms with E-state index in [-0.39, 0.29) is 18.6 Å². The van der Waals surface area contributed by atoms with Crippen molar-refractivity contribution >= 4 is 17.3 Å². The molecule has 2 N–H and O–H groups in total. The lowest BCUT2D eigenvalue weighted by atomic mass is 10.2. The van der Waals surface area contributed by atoms with Crippen LogP contribution in [0.25, 0.3) is 0 Å². The Morgan fingerprint density at radius 1 is 1.23 bits per heavy atom. The van der Waals surface area contributed by atoms with Gasteiger partial charge in [0.25, 0.3) is 0 Å². The maximum Gasteiger partial charge on any atom is 0.243 e. The van der Waals surface area contributed by atoms with Crippen molar-refractivity contribution in [3.8, 4) is 11.5 Å². The molecule has 1 atom stereocenters. The summed E-state index contributed by atoms with van der Waals surface area (Å²) in [4.78, 5) is 12.2. The predicted molar refractivity (Wildman–Crippen MR) is 106 cm³/mol. The van der Waals surface area contributed by atoms with Crippen LogP contribution in [-0.4, -0.2) is 25.2 Å². The lowest BCUT2D eigenvalue weighted by molar-refractivity contribution is -0.114. The third kappa shape index (κ3) is 6.16. The molecule has 1 amide bonds. The molecule has 0 aliphatic rings. The zero-order valence-electron chi connectivity index (χ0n) is 15.3. The first-order chi connectivity index (χ1) is 12.6. The SMILES string of the molecule is C=CCOc1ccccc1NCC(=O)Nc1cccc(OC(C)CC)c1. The van der Waals surface area contributed by atoms with Crippen molar-refractivity contribution in [1.29, 1.82) is 0 Å².